The van der Waals surface area contributed by atoms with Crippen molar-refractivity contribution in [3.8, 4) is 0 Å². The number of alkyl halides is 2. The Kier molecular flexibility index (Phi) is 4.39. The van der Waals surface area contributed by atoms with Gasteiger partial charge in [0, 0.05) is 42.7 Å². The molecule has 2 bridgehead atoms. The van der Waals surface area contributed by atoms with Crippen molar-refractivity contribution in [2.45, 2.75) is 44.0 Å². The SMILES string of the molecule is O=C(OC1C[C@H]2COC[C@@H](C1)N2)c1cn(CC(F)F)c2ncccc12. The number of nitrogens with zero attached hydrogens (tertiary/aromatic N) is 2. The standard InChI is InChI=1S/C17H19F2N3O3/c18-15(19)7-22-6-14(13-2-1-3-20-16(13)22)17(23)25-12-4-10-8-24-9-11(5-12)21-10/h1-3,6,10-12,15,21H,4-5,7-9H2/t10-,11+,12?. The maximum Gasteiger partial charge on any atom is 0.340 e. The molecule has 134 valence electrons. The minimum atomic E-state index is -2.52. The van der Waals surface area contributed by atoms with Crippen molar-refractivity contribution in [3.63, 3.8) is 0 Å². The Labute approximate surface area is 143 Å². The summed E-state index contributed by atoms with van der Waals surface area (Å²) < 4.78 is 38.0. The van der Waals surface area contributed by atoms with Crippen LogP contribution in [0.1, 0.15) is 23.2 Å². The van der Waals surface area contributed by atoms with Gasteiger partial charge in [-0.3, -0.25) is 0 Å². The van der Waals surface area contributed by atoms with Crippen molar-refractivity contribution in [3.05, 3.63) is 30.1 Å². The van der Waals surface area contributed by atoms with Crippen molar-refractivity contribution >= 4 is 17.0 Å². The second-order valence-electron chi connectivity index (χ2n) is 6.56. The third-order valence-electron chi connectivity index (χ3n) is 4.67. The Balaban J connectivity index is 1.55. The second-order valence-corrected chi connectivity index (χ2v) is 6.56. The van der Waals surface area contributed by atoms with E-state index < -0.39 is 18.9 Å². The molecule has 2 saturated heterocycles. The van der Waals surface area contributed by atoms with Crippen molar-refractivity contribution in [1.29, 1.82) is 0 Å². The highest BCUT2D eigenvalue weighted by Gasteiger charge is 2.34. The first kappa shape index (κ1) is 16.4. The van der Waals surface area contributed by atoms with E-state index in [1.807, 2.05) is 0 Å². The molecule has 2 aliphatic heterocycles. The summed E-state index contributed by atoms with van der Waals surface area (Å²) in [6.07, 6.45) is 1.60. The quantitative estimate of drug-likeness (QED) is 0.854. The summed E-state index contributed by atoms with van der Waals surface area (Å²) in [5.74, 6) is -0.489. The number of piperidine rings is 1. The van der Waals surface area contributed by atoms with E-state index in [2.05, 4.69) is 10.3 Å². The van der Waals surface area contributed by atoms with Crippen molar-refractivity contribution in [1.82, 2.24) is 14.9 Å². The number of nitrogens with one attached hydrogen (secondary N) is 1. The fourth-order valence-electron chi connectivity index (χ4n) is 3.67. The average molecular weight is 351 g/mol. The fraction of sp³-hybridized carbons (Fsp3) is 0.529. The normalized spacial score (nSPS) is 26.1. The molecule has 0 amide bonds. The number of hydrogen-bond donors (Lipinski definition) is 1. The average Bonchev–Trinajstić information content (AvgIpc) is 2.93. The van der Waals surface area contributed by atoms with Crippen molar-refractivity contribution in [2.75, 3.05) is 13.2 Å². The summed E-state index contributed by atoms with van der Waals surface area (Å²) in [6, 6.07) is 3.75. The highest BCUT2D eigenvalue weighted by atomic mass is 19.3. The largest absolute Gasteiger partial charge is 0.459 e. The number of rotatable bonds is 4. The molecule has 4 rings (SSSR count). The van der Waals surface area contributed by atoms with Crippen LogP contribution in [0.2, 0.25) is 0 Å². The highest BCUT2D eigenvalue weighted by Crippen LogP contribution is 2.25. The first-order valence-electron chi connectivity index (χ1n) is 8.37. The third-order valence-corrected chi connectivity index (χ3v) is 4.67. The lowest BCUT2D eigenvalue weighted by atomic mass is 9.94. The van der Waals surface area contributed by atoms with Crippen molar-refractivity contribution < 1.29 is 23.0 Å². The molecule has 2 aliphatic rings. The number of aromatic nitrogens is 2. The molecule has 0 spiro atoms. The van der Waals surface area contributed by atoms with Crippen LogP contribution in [0.5, 0.6) is 0 Å². The van der Waals surface area contributed by atoms with E-state index in [0.29, 0.717) is 37.1 Å². The van der Waals surface area contributed by atoms with Crippen LogP contribution >= 0.6 is 0 Å². The molecule has 1 unspecified atom stereocenters. The molecule has 25 heavy (non-hydrogen) atoms. The lowest BCUT2D eigenvalue weighted by molar-refractivity contribution is -0.0339. The molecule has 1 N–H and O–H groups in total. The fourth-order valence-corrected chi connectivity index (χ4v) is 3.67. The number of esters is 1. The molecule has 3 atom stereocenters. The molecule has 0 saturated carbocycles. The monoisotopic (exact) mass is 351 g/mol. The first-order chi connectivity index (χ1) is 12.1. The predicted octanol–water partition coefficient (Wildman–Crippen LogP) is 1.98. The van der Waals surface area contributed by atoms with Crippen LogP contribution in [-0.4, -0.2) is 53.3 Å². The number of halogens is 2. The maximum absolute atomic E-state index is 12.8. The van der Waals surface area contributed by atoms with Crippen LogP contribution in [0, 0.1) is 0 Å². The van der Waals surface area contributed by atoms with Gasteiger partial charge >= 0.3 is 5.97 Å². The molecule has 0 aromatic carbocycles. The maximum atomic E-state index is 12.8. The lowest BCUT2D eigenvalue weighted by Gasteiger charge is -2.39. The van der Waals surface area contributed by atoms with Crippen LogP contribution in [0.25, 0.3) is 11.0 Å². The molecule has 2 aromatic heterocycles. The van der Waals surface area contributed by atoms with Gasteiger partial charge in [-0.1, -0.05) is 0 Å². The minimum Gasteiger partial charge on any atom is -0.459 e. The molecule has 0 aliphatic carbocycles. The topological polar surface area (TPSA) is 65.4 Å². The van der Waals surface area contributed by atoms with Crippen molar-refractivity contribution in [2.24, 2.45) is 0 Å². The van der Waals surface area contributed by atoms with E-state index in [4.69, 9.17) is 9.47 Å². The summed E-state index contributed by atoms with van der Waals surface area (Å²) >= 11 is 0. The minimum absolute atomic E-state index is 0.187. The van der Waals surface area contributed by atoms with E-state index in [0.717, 1.165) is 0 Å². The Bertz CT molecular complexity index is 768. The second kappa shape index (κ2) is 6.68. The van der Waals surface area contributed by atoms with E-state index in [1.54, 1.807) is 12.1 Å². The van der Waals surface area contributed by atoms with Crippen LogP contribution in [0.3, 0.4) is 0 Å². The zero-order chi connectivity index (χ0) is 17.4. The lowest BCUT2D eigenvalue weighted by Crippen LogP contribution is -2.56. The van der Waals surface area contributed by atoms with Gasteiger partial charge in [0.1, 0.15) is 11.8 Å². The number of ether oxygens (including phenoxy) is 2. The predicted molar refractivity (Wildman–Crippen MR) is 85.7 cm³/mol. The number of pyridine rings is 1. The van der Waals surface area contributed by atoms with Crippen LogP contribution in [-0.2, 0) is 16.0 Å². The van der Waals surface area contributed by atoms with E-state index in [1.165, 1.54) is 17.0 Å². The van der Waals surface area contributed by atoms with Crippen LogP contribution < -0.4 is 5.32 Å². The summed E-state index contributed by atoms with van der Waals surface area (Å²) in [4.78, 5) is 16.8. The number of carbonyl (C=O) groups is 1. The number of fused-ring (bicyclic) bond motifs is 3. The van der Waals surface area contributed by atoms with Gasteiger partial charge in [-0.25, -0.2) is 18.6 Å². The Hall–Kier alpha value is -2.06. The molecule has 6 nitrogen and oxygen atoms in total. The van der Waals surface area contributed by atoms with E-state index in [9.17, 15) is 13.6 Å². The molecule has 2 fully saturated rings. The third kappa shape index (κ3) is 3.36. The summed E-state index contributed by atoms with van der Waals surface area (Å²) in [7, 11) is 0. The van der Waals surface area contributed by atoms with Gasteiger partial charge in [-0.05, 0) is 12.1 Å². The zero-order valence-electron chi connectivity index (χ0n) is 13.5. The number of morpholine rings is 1. The first-order valence-corrected chi connectivity index (χ1v) is 8.37. The van der Waals surface area contributed by atoms with Gasteiger partial charge in [0.25, 0.3) is 6.43 Å². The molecule has 2 aromatic rings. The van der Waals surface area contributed by atoms with Gasteiger partial charge in [0.2, 0.25) is 0 Å². The Morgan fingerprint density at radius 1 is 1.40 bits per heavy atom. The van der Waals surface area contributed by atoms with E-state index >= 15 is 0 Å². The molecular weight excluding hydrogens is 332 g/mol. The Morgan fingerprint density at radius 2 is 2.16 bits per heavy atom. The van der Waals surface area contributed by atoms with Crippen LogP contribution in [0.4, 0.5) is 8.78 Å². The van der Waals surface area contributed by atoms with Gasteiger partial charge < -0.3 is 19.4 Å². The smallest absolute Gasteiger partial charge is 0.340 e. The molecule has 0 radical (unpaired) electrons. The summed E-state index contributed by atoms with van der Waals surface area (Å²) in [6.45, 7) is 0.722. The van der Waals surface area contributed by atoms with E-state index in [-0.39, 0.29) is 23.8 Å². The van der Waals surface area contributed by atoms with Gasteiger partial charge in [-0.2, -0.15) is 0 Å². The molecule has 4 heterocycles. The number of hydrogen-bond acceptors (Lipinski definition) is 5. The van der Waals surface area contributed by atoms with Gasteiger partial charge in [0.05, 0.1) is 25.3 Å². The summed E-state index contributed by atoms with van der Waals surface area (Å²) in [5.41, 5.74) is 0.647. The summed E-state index contributed by atoms with van der Waals surface area (Å²) in [5, 5.41) is 3.97. The van der Waals surface area contributed by atoms with Crippen LogP contribution in [0.15, 0.2) is 24.5 Å². The zero-order valence-corrected chi connectivity index (χ0v) is 13.5. The highest BCUT2D eigenvalue weighted by molar-refractivity contribution is 6.03. The van der Waals surface area contributed by atoms with Gasteiger partial charge in [-0.15, -0.1) is 0 Å². The van der Waals surface area contributed by atoms with Gasteiger partial charge in [0.15, 0.2) is 0 Å². The molecule has 8 heteroatoms. The Morgan fingerprint density at radius 3 is 2.88 bits per heavy atom. The number of carbonyl (C=O) groups excluding carboxylic acids is 1. The molecular formula is C17H19F2N3O3.